The molecule has 0 aliphatic carbocycles. The second-order valence-electron chi connectivity index (χ2n) is 3.63. The Bertz CT molecular complexity index is 125. The first-order valence-electron chi connectivity index (χ1n) is 3.88. The molecule has 10 heavy (non-hydrogen) atoms. The van der Waals surface area contributed by atoms with Crippen molar-refractivity contribution in [3.05, 3.63) is 0 Å². The first kappa shape index (κ1) is 8.55. The average molecular weight is 158 g/mol. The van der Waals surface area contributed by atoms with Crippen LogP contribution in [0.3, 0.4) is 0 Å². The Morgan fingerprint density at radius 2 is 2.20 bits per heavy atom. The van der Waals surface area contributed by atoms with Crippen LogP contribution < -0.4 is 0 Å². The van der Waals surface area contributed by atoms with Gasteiger partial charge in [-0.1, -0.05) is 11.1 Å². The van der Waals surface area contributed by atoms with Gasteiger partial charge >= 0.3 is 14.5 Å². The minimum atomic E-state index is -0.918. The zero-order valence-electron chi connectivity index (χ0n) is 6.92. The largest absolute Gasteiger partial charge is 0.494 e. The molecule has 2 nitrogen and oxygen atoms in total. The van der Waals surface area contributed by atoms with Crippen molar-refractivity contribution < 1.29 is 8.90 Å². The van der Waals surface area contributed by atoms with Crippen molar-refractivity contribution in [3.63, 3.8) is 0 Å². The van der Waals surface area contributed by atoms with Crippen LogP contribution in [0.4, 0.5) is 0 Å². The van der Waals surface area contributed by atoms with Gasteiger partial charge < -0.3 is 8.90 Å². The predicted octanol–water partition coefficient (Wildman–Crippen LogP) is 1.17. The number of hydrogen-bond acceptors (Lipinski definition) is 2. The molecule has 0 bridgehead atoms. The summed E-state index contributed by atoms with van der Waals surface area (Å²) in [6, 6.07) is 0. The van der Waals surface area contributed by atoms with Gasteiger partial charge in [0.05, 0.1) is 11.7 Å². The molecule has 1 aliphatic rings. The fraction of sp³-hybridized carbons (Fsp3) is 1.00. The van der Waals surface area contributed by atoms with E-state index in [1.807, 2.05) is 13.8 Å². The molecule has 58 valence electrons. The smallest absolute Gasteiger partial charge is 0.457 e. The van der Waals surface area contributed by atoms with Crippen LogP contribution in [-0.4, -0.2) is 31.3 Å². The fourth-order valence-electron chi connectivity index (χ4n) is 1.40. The van der Waals surface area contributed by atoms with Crippen molar-refractivity contribution in [2.45, 2.75) is 43.0 Å². The summed E-state index contributed by atoms with van der Waals surface area (Å²) in [7, 11) is 0. The number of rotatable bonds is 0. The molecule has 0 radical (unpaired) electrons. The molecular formula is C7H15AlO2. The van der Waals surface area contributed by atoms with Crippen molar-refractivity contribution in [1.82, 2.24) is 0 Å². The minimum absolute atomic E-state index is 0.254. The normalized spacial score (nSPS) is 32.4. The third-order valence-corrected chi connectivity index (χ3v) is 4.31. The summed E-state index contributed by atoms with van der Waals surface area (Å²) in [5, 5.41) is 10.6. The molecule has 1 saturated heterocycles. The maximum Gasteiger partial charge on any atom is 0.457 e. The molecule has 1 N–H and O–H groups in total. The van der Waals surface area contributed by atoms with Gasteiger partial charge in [0.1, 0.15) is 0 Å². The van der Waals surface area contributed by atoms with Crippen LogP contribution in [0.15, 0.2) is 0 Å². The van der Waals surface area contributed by atoms with E-state index in [9.17, 15) is 5.11 Å². The molecule has 1 atom stereocenters. The molecule has 3 heteroatoms. The highest BCUT2D eigenvalue weighted by atomic mass is 27.2. The minimum Gasteiger partial charge on any atom is -0.494 e. The fourth-order valence-corrected chi connectivity index (χ4v) is 3.49. The molecule has 1 heterocycles. The molecule has 1 aliphatic heterocycles. The average Bonchev–Trinajstić information content (AvgIpc) is 1.78. The Hall–Kier alpha value is 0.452. The van der Waals surface area contributed by atoms with E-state index < -0.39 is 14.5 Å². The number of aliphatic hydroxyl groups excluding tert-OH is 1. The SMILES string of the molecule is [CH3][Al]1[CH2]CC(O)C(C)(C)[O]1. The van der Waals surface area contributed by atoms with Gasteiger partial charge in [-0.2, -0.15) is 0 Å². The van der Waals surface area contributed by atoms with E-state index in [1.165, 1.54) is 0 Å². The third kappa shape index (κ3) is 1.73. The summed E-state index contributed by atoms with van der Waals surface area (Å²) in [6.07, 6.45) is 0.677. The first-order valence-corrected chi connectivity index (χ1v) is 6.32. The highest BCUT2D eigenvalue weighted by Gasteiger charge is 2.36. The van der Waals surface area contributed by atoms with Crippen molar-refractivity contribution in [1.29, 1.82) is 0 Å². The lowest BCUT2D eigenvalue weighted by atomic mass is 10.00. The van der Waals surface area contributed by atoms with Crippen LogP contribution in [0.2, 0.25) is 11.1 Å². The second-order valence-corrected chi connectivity index (χ2v) is 6.06. The number of hydrogen-bond donors (Lipinski definition) is 1. The van der Waals surface area contributed by atoms with Crippen molar-refractivity contribution in [3.8, 4) is 0 Å². The summed E-state index contributed by atoms with van der Waals surface area (Å²) in [6.45, 7) is 3.95. The molecule has 1 unspecified atom stereocenters. The Labute approximate surface area is 66.9 Å². The van der Waals surface area contributed by atoms with Crippen LogP contribution in [-0.2, 0) is 3.79 Å². The first-order chi connectivity index (χ1) is 4.52. The van der Waals surface area contributed by atoms with Crippen molar-refractivity contribution >= 4 is 14.5 Å². The highest BCUT2D eigenvalue weighted by Crippen LogP contribution is 2.26. The predicted molar refractivity (Wildman–Crippen MR) is 42.2 cm³/mol. The van der Waals surface area contributed by atoms with Gasteiger partial charge in [0.2, 0.25) is 0 Å². The molecule has 0 aromatic heterocycles. The second kappa shape index (κ2) is 2.83. The van der Waals surface area contributed by atoms with Crippen LogP contribution >= 0.6 is 0 Å². The molecule has 0 amide bonds. The van der Waals surface area contributed by atoms with E-state index in [4.69, 9.17) is 3.79 Å². The zero-order valence-corrected chi connectivity index (χ0v) is 8.08. The number of aliphatic hydroxyl groups is 1. The van der Waals surface area contributed by atoms with E-state index in [-0.39, 0.29) is 11.7 Å². The van der Waals surface area contributed by atoms with Gasteiger partial charge in [0.15, 0.2) is 0 Å². The maximum absolute atomic E-state index is 9.45. The lowest BCUT2D eigenvalue weighted by molar-refractivity contribution is -0.0459. The van der Waals surface area contributed by atoms with Crippen molar-refractivity contribution in [2.24, 2.45) is 0 Å². The van der Waals surface area contributed by atoms with Gasteiger partial charge in [-0.25, -0.2) is 0 Å². The van der Waals surface area contributed by atoms with E-state index in [0.717, 1.165) is 11.7 Å². The lowest BCUT2D eigenvalue weighted by Crippen LogP contribution is -2.47. The standard InChI is InChI=1S/C6H12O2.CH3.Al/c1-4-5(7)6(2,3)8;;/h5,7H,1,4H2,2-3H3;1H3;/q-1;;+1. The van der Waals surface area contributed by atoms with Crippen LogP contribution in [0.25, 0.3) is 0 Å². The van der Waals surface area contributed by atoms with Crippen molar-refractivity contribution in [2.75, 3.05) is 0 Å². The Kier molecular flexibility index (Phi) is 2.42. The van der Waals surface area contributed by atoms with E-state index in [1.54, 1.807) is 0 Å². The van der Waals surface area contributed by atoms with E-state index in [2.05, 4.69) is 5.79 Å². The van der Waals surface area contributed by atoms with Gasteiger partial charge in [0, 0.05) is 0 Å². The summed E-state index contributed by atoms with van der Waals surface area (Å²) in [5.74, 6) is 2.19. The zero-order chi connectivity index (χ0) is 7.78. The summed E-state index contributed by atoms with van der Waals surface area (Å²) in [5.41, 5.74) is -0.274. The third-order valence-electron chi connectivity index (χ3n) is 2.15. The molecule has 0 spiro atoms. The quantitative estimate of drug-likeness (QED) is 0.536. The Balaban J connectivity index is 2.55. The monoisotopic (exact) mass is 158 g/mol. The maximum atomic E-state index is 9.45. The van der Waals surface area contributed by atoms with Gasteiger partial charge in [-0.05, 0) is 20.3 Å². The highest BCUT2D eigenvalue weighted by molar-refractivity contribution is 6.50. The molecule has 0 saturated carbocycles. The van der Waals surface area contributed by atoms with Gasteiger partial charge in [-0.3, -0.25) is 0 Å². The lowest BCUT2D eigenvalue weighted by Gasteiger charge is -2.38. The van der Waals surface area contributed by atoms with Gasteiger partial charge in [-0.15, -0.1) is 0 Å². The Morgan fingerprint density at radius 3 is 2.60 bits per heavy atom. The van der Waals surface area contributed by atoms with Crippen LogP contribution in [0.1, 0.15) is 20.3 Å². The van der Waals surface area contributed by atoms with Gasteiger partial charge in [0.25, 0.3) is 0 Å². The Morgan fingerprint density at radius 1 is 1.60 bits per heavy atom. The van der Waals surface area contributed by atoms with E-state index >= 15 is 0 Å². The molecular weight excluding hydrogens is 143 g/mol. The van der Waals surface area contributed by atoms with Crippen LogP contribution in [0.5, 0.6) is 0 Å². The summed E-state index contributed by atoms with van der Waals surface area (Å²) in [4.78, 5) is 0. The van der Waals surface area contributed by atoms with Crippen LogP contribution in [0, 0.1) is 0 Å². The molecule has 1 fully saturated rings. The summed E-state index contributed by atoms with van der Waals surface area (Å²) >= 11 is -0.918. The van der Waals surface area contributed by atoms with E-state index in [0.29, 0.717) is 0 Å². The topological polar surface area (TPSA) is 29.5 Å². The molecule has 0 aromatic carbocycles. The molecule has 1 rings (SSSR count). The molecule has 0 aromatic rings. The summed E-state index contributed by atoms with van der Waals surface area (Å²) < 4.78 is 5.67.